The van der Waals surface area contributed by atoms with Crippen molar-refractivity contribution in [3.63, 3.8) is 0 Å². The van der Waals surface area contributed by atoms with Gasteiger partial charge in [0.05, 0.1) is 18.7 Å². The van der Waals surface area contributed by atoms with Gasteiger partial charge in [0.2, 0.25) is 5.91 Å². The number of aryl methyl sites for hydroxylation is 1. The summed E-state index contributed by atoms with van der Waals surface area (Å²) in [5.74, 6) is 1.70. The van der Waals surface area contributed by atoms with Crippen molar-refractivity contribution in [3.8, 4) is 11.4 Å². The standard InChI is InChI=1S/C25H27N7O2/c1-3-34-21-10-6-19(7-11-21)16-22(33)30-12-14-31(15-13-30)24-23-25(27-17-26-24)32(29-28-23)20-8-4-18(2)5-9-20/h4-11,17H,3,12-16H2,1-2H3. The summed E-state index contributed by atoms with van der Waals surface area (Å²) >= 11 is 0. The molecule has 34 heavy (non-hydrogen) atoms. The van der Waals surface area contributed by atoms with E-state index in [0.717, 1.165) is 22.8 Å². The molecule has 2 aromatic heterocycles. The summed E-state index contributed by atoms with van der Waals surface area (Å²) in [6.07, 6.45) is 1.93. The van der Waals surface area contributed by atoms with Crippen LogP contribution in [0.2, 0.25) is 0 Å². The number of carbonyl (C=O) groups is 1. The molecule has 1 aliphatic heterocycles. The van der Waals surface area contributed by atoms with Gasteiger partial charge in [-0.1, -0.05) is 35.0 Å². The predicted octanol–water partition coefficient (Wildman–Crippen LogP) is 2.81. The van der Waals surface area contributed by atoms with Gasteiger partial charge in [0.25, 0.3) is 0 Å². The van der Waals surface area contributed by atoms with Crippen LogP contribution in [-0.2, 0) is 11.2 Å². The third kappa shape index (κ3) is 4.41. The maximum absolute atomic E-state index is 12.8. The summed E-state index contributed by atoms with van der Waals surface area (Å²) < 4.78 is 7.21. The average Bonchev–Trinajstić information content (AvgIpc) is 3.30. The number of ether oxygens (including phenoxy) is 1. The topological polar surface area (TPSA) is 89.3 Å². The molecule has 0 radical (unpaired) electrons. The fourth-order valence-corrected chi connectivity index (χ4v) is 4.15. The molecule has 174 valence electrons. The van der Waals surface area contributed by atoms with Gasteiger partial charge in [-0.05, 0) is 43.7 Å². The van der Waals surface area contributed by atoms with Crippen LogP contribution in [0.15, 0.2) is 54.9 Å². The van der Waals surface area contributed by atoms with E-state index in [1.54, 1.807) is 11.0 Å². The second-order valence-electron chi connectivity index (χ2n) is 8.33. The van der Waals surface area contributed by atoms with Crippen LogP contribution in [0.3, 0.4) is 0 Å². The Morgan fingerprint density at radius 2 is 1.71 bits per heavy atom. The van der Waals surface area contributed by atoms with Gasteiger partial charge in [-0.25, -0.2) is 9.97 Å². The first kappa shape index (κ1) is 21.8. The van der Waals surface area contributed by atoms with Crippen LogP contribution in [0.4, 0.5) is 5.82 Å². The highest BCUT2D eigenvalue weighted by Crippen LogP contribution is 2.24. The molecule has 2 aromatic carbocycles. The zero-order valence-corrected chi connectivity index (χ0v) is 19.4. The van der Waals surface area contributed by atoms with Crippen molar-refractivity contribution in [1.82, 2.24) is 29.9 Å². The summed E-state index contributed by atoms with van der Waals surface area (Å²) in [6, 6.07) is 15.8. The number of nitrogens with zero attached hydrogens (tertiary/aromatic N) is 7. The van der Waals surface area contributed by atoms with E-state index >= 15 is 0 Å². The number of benzene rings is 2. The van der Waals surface area contributed by atoms with E-state index in [-0.39, 0.29) is 5.91 Å². The van der Waals surface area contributed by atoms with Gasteiger partial charge in [0.1, 0.15) is 12.1 Å². The van der Waals surface area contributed by atoms with Crippen molar-refractivity contribution in [1.29, 1.82) is 0 Å². The van der Waals surface area contributed by atoms with Crippen LogP contribution in [0.1, 0.15) is 18.1 Å². The molecule has 0 aliphatic carbocycles. The van der Waals surface area contributed by atoms with E-state index in [1.165, 1.54) is 5.56 Å². The molecule has 3 heterocycles. The van der Waals surface area contributed by atoms with Crippen molar-refractivity contribution in [2.75, 3.05) is 37.7 Å². The van der Waals surface area contributed by atoms with Crippen LogP contribution in [-0.4, -0.2) is 68.6 Å². The molecule has 9 nitrogen and oxygen atoms in total. The highest BCUT2D eigenvalue weighted by molar-refractivity contribution is 5.84. The Hall–Kier alpha value is -4.01. The minimum Gasteiger partial charge on any atom is -0.494 e. The molecule has 0 spiro atoms. The smallest absolute Gasteiger partial charge is 0.227 e. The van der Waals surface area contributed by atoms with E-state index in [1.807, 2.05) is 67.3 Å². The molecule has 0 saturated carbocycles. The van der Waals surface area contributed by atoms with Crippen molar-refractivity contribution < 1.29 is 9.53 Å². The molecule has 4 aromatic rings. The van der Waals surface area contributed by atoms with Crippen LogP contribution in [0.5, 0.6) is 5.75 Å². The number of fused-ring (bicyclic) bond motifs is 1. The van der Waals surface area contributed by atoms with E-state index in [9.17, 15) is 4.79 Å². The lowest BCUT2D eigenvalue weighted by atomic mass is 10.1. The monoisotopic (exact) mass is 457 g/mol. The second-order valence-corrected chi connectivity index (χ2v) is 8.33. The molecule has 0 N–H and O–H groups in total. The first-order chi connectivity index (χ1) is 16.6. The number of hydrogen-bond acceptors (Lipinski definition) is 7. The van der Waals surface area contributed by atoms with E-state index < -0.39 is 0 Å². The Labute approximate surface area is 198 Å². The molecule has 0 unspecified atom stereocenters. The highest BCUT2D eigenvalue weighted by Gasteiger charge is 2.25. The summed E-state index contributed by atoms with van der Waals surface area (Å²) in [5.41, 5.74) is 4.40. The number of hydrogen-bond donors (Lipinski definition) is 0. The van der Waals surface area contributed by atoms with E-state index in [4.69, 9.17) is 4.74 Å². The second kappa shape index (κ2) is 9.46. The average molecular weight is 458 g/mol. The van der Waals surface area contributed by atoms with Crippen LogP contribution in [0.25, 0.3) is 16.9 Å². The molecule has 5 rings (SSSR count). The maximum Gasteiger partial charge on any atom is 0.227 e. The predicted molar refractivity (Wildman–Crippen MR) is 129 cm³/mol. The summed E-state index contributed by atoms with van der Waals surface area (Å²) in [6.45, 7) is 7.25. The van der Waals surface area contributed by atoms with Crippen molar-refractivity contribution in [2.24, 2.45) is 0 Å². The third-order valence-corrected chi connectivity index (χ3v) is 6.02. The molecule has 9 heteroatoms. The van der Waals surface area contributed by atoms with Crippen molar-refractivity contribution in [2.45, 2.75) is 20.3 Å². The van der Waals surface area contributed by atoms with Crippen LogP contribution >= 0.6 is 0 Å². The molecule has 1 aliphatic rings. The molecular formula is C25H27N7O2. The Balaban J connectivity index is 1.26. The lowest BCUT2D eigenvalue weighted by Gasteiger charge is -2.35. The molecule has 0 bridgehead atoms. The number of amides is 1. The van der Waals surface area contributed by atoms with Gasteiger partial charge < -0.3 is 14.5 Å². The Kier molecular flexibility index (Phi) is 6.07. The Bertz CT molecular complexity index is 1280. The van der Waals surface area contributed by atoms with Gasteiger partial charge in [-0.3, -0.25) is 4.79 Å². The van der Waals surface area contributed by atoms with Gasteiger partial charge in [0, 0.05) is 26.2 Å². The fourth-order valence-electron chi connectivity index (χ4n) is 4.15. The summed E-state index contributed by atoms with van der Waals surface area (Å²) in [5, 5.41) is 8.70. The van der Waals surface area contributed by atoms with Gasteiger partial charge >= 0.3 is 0 Å². The summed E-state index contributed by atoms with van der Waals surface area (Å²) in [4.78, 5) is 25.8. The zero-order valence-electron chi connectivity index (χ0n) is 19.4. The number of aromatic nitrogens is 5. The molecule has 1 fully saturated rings. The van der Waals surface area contributed by atoms with Crippen LogP contribution in [0, 0.1) is 6.92 Å². The fraction of sp³-hybridized carbons (Fsp3) is 0.320. The Morgan fingerprint density at radius 1 is 0.971 bits per heavy atom. The summed E-state index contributed by atoms with van der Waals surface area (Å²) in [7, 11) is 0. The largest absolute Gasteiger partial charge is 0.494 e. The Morgan fingerprint density at radius 3 is 2.41 bits per heavy atom. The lowest BCUT2D eigenvalue weighted by molar-refractivity contribution is -0.130. The maximum atomic E-state index is 12.8. The van der Waals surface area contributed by atoms with Crippen molar-refractivity contribution in [3.05, 3.63) is 66.0 Å². The number of anilines is 1. The normalized spacial score (nSPS) is 13.9. The number of piperazine rings is 1. The van der Waals surface area contributed by atoms with E-state index in [2.05, 4.69) is 25.2 Å². The molecule has 0 atom stereocenters. The quantitative estimate of drug-likeness (QED) is 0.440. The van der Waals surface area contributed by atoms with Crippen molar-refractivity contribution >= 4 is 22.9 Å². The van der Waals surface area contributed by atoms with Gasteiger partial charge in [-0.15, -0.1) is 5.10 Å². The van der Waals surface area contributed by atoms with Gasteiger partial charge in [0.15, 0.2) is 17.0 Å². The molecular weight excluding hydrogens is 430 g/mol. The first-order valence-corrected chi connectivity index (χ1v) is 11.5. The first-order valence-electron chi connectivity index (χ1n) is 11.5. The minimum absolute atomic E-state index is 0.127. The number of rotatable bonds is 6. The lowest BCUT2D eigenvalue weighted by Crippen LogP contribution is -2.49. The van der Waals surface area contributed by atoms with Crippen LogP contribution < -0.4 is 9.64 Å². The minimum atomic E-state index is 0.127. The zero-order chi connectivity index (χ0) is 23.5. The van der Waals surface area contributed by atoms with Gasteiger partial charge in [-0.2, -0.15) is 4.68 Å². The molecule has 1 saturated heterocycles. The third-order valence-electron chi connectivity index (χ3n) is 6.02. The molecule has 1 amide bonds. The highest BCUT2D eigenvalue weighted by atomic mass is 16.5. The SMILES string of the molecule is CCOc1ccc(CC(=O)N2CCN(c3ncnc4c3nnn4-c3ccc(C)cc3)CC2)cc1. The van der Waals surface area contributed by atoms with E-state index in [0.29, 0.717) is 50.4 Å². The number of carbonyl (C=O) groups excluding carboxylic acids is 1.